The zero-order valence-corrected chi connectivity index (χ0v) is 35.8. The van der Waals surface area contributed by atoms with Gasteiger partial charge in [0.15, 0.2) is 0 Å². The first-order chi connectivity index (χ1) is 32.7. The largest absolute Gasteiger partial charge is 0.298 e. The van der Waals surface area contributed by atoms with E-state index >= 15 is 0 Å². The molecule has 15 rings (SSSR count). The predicted molar refractivity (Wildman–Crippen MR) is 273 cm³/mol. The third kappa shape index (κ3) is 4.67. The highest BCUT2D eigenvalue weighted by Gasteiger charge is 2.51. The summed E-state index contributed by atoms with van der Waals surface area (Å²) in [6.45, 7) is 0. The van der Waals surface area contributed by atoms with Gasteiger partial charge in [-0.3, -0.25) is 4.40 Å². The lowest BCUT2D eigenvalue weighted by Gasteiger charge is -2.30. The normalized spacial score (nSPS) is 13.3. The molecule has 0 unspecified atom stereocenters. The molecule has 0 saturated carbocycles. The summed E-state index contributed by atoms with van der Waals surface area (Å²) in [5, 5.41) is 2.32. The lowest BCUT2D eigenvalue weighted by Crippen LogP contribution is -2.25. The number of nitrogens with zero attached hydrogens (tertiary/aromatic N) is 2. The second-order valence-electron chi connectivity index (χ2n) is 18.1. The van der Waals surface area contributed by atoms with Crippen molar-refractivity contribution in [3.05, 3.63) is 253 Å². The van der Waals surface area contributed by atoms with E-state index < -0.39 is 5.41 Å². The maximum atomic E-state index is 5.34. The molecule has 0 atom stereocenters. The number of rotatable bonds is 2. The first kappa shape index (κ1) is 35.8. The van der Waals surface area contributed by atoms with Crippen LogP contribution in [-0.2, 0) is 5.41 Å². The molecule has 12 aromatic rings. The molecule has 304 valence electrons. The van der Waals surface area contributed by atoms with Crippen LogP contribution < -0.4 is 0 Å². The molecule has 0 saturated heterocycles. The van der Waals surface area contributed by atoms with Gasteiger partial charge in [-0.15, -0.1) is 0 Å². The fourth-order valence-electron chi connectivity index (χ4n) is 12.2. The molecular formula is C64H38N2. The number of pyridine rings is 1. The monoisotopic (exact) mass is 834 g/mol. The fourth-order valence-corrected chi connectivity index (χ4v) is 12.2. The minimum absolute atomic E-state index is 0.394. The van der Waals surface area contributed by atoms with E-state index in [1.807, 2.05) is 0 Å². The molecule has 66 heavy (non-hydrogen) atoms. The summed E-state index contributed by atoms with van der Waals surface area (Å²) in [7, 11) is 0. The lowest BCUT2D eigenvalue weighted by molar-refractivity contribution is 0.794. The highest BCUT2D eigenvalue weighted by molar-refractivity contribution is 6.08. The van der Waals surface area contributed by atoms with Crippen LogP contribution in [0.5, 0.6) is 0 Å². The molecule has 0 N–H and O–H groups in total. The van der Waals surface area contributed by atoms with Crippen LogP contribution in [0.15, 0.2) is 231 Å². The van der Waals surface area contributed by atoms with E-state index in [1.165, 1.54) is 117 Å². The smallest absolute Gasteiger partial charge is 0.145 e. The van der Waals surface area contributed by atoms with Crippen molar-refractivity contribution < 1.29 is 0 Å². The van der Waals surface area contributed by atoms with Gasteiger partial charge >= 0.3 is 0 Å². The number of hydrogen-bond acceptors (Lipinski definition) is 1. The number of imidazole rings is 1. The first-order valence-corrected chi connectivity index (χ1v) is 22.9. The van der Waals surface area contributed by atoms with Crippen molar-refractivity contribution in [2.24, 2.45) is 0 Å². The van der Waals surface area contributed by atoms with E-state index in [9.17, 15) is 0 Å². The second-order valence-corrected chi connectivity index (χ2v) is 18.1. The summed E-state index contributed by atoms with van der Waals surface area (Å²) >= 11 is 0. The minimum atomic E-state index is -0.394. The van der Waals surface area contributed by atoms with E-state index in [0.29, 0.717) is 0 Å². The van der Waals surface area contributed by atoms with Crippen LogP contribution >= 0.6 is 0 Å². The van der Waals surface area contributed by atoms with Crippen molar-refractivity contribution in [1.82, 2.24) is 9.38 Å². The number of benzene rings is 10. The summed E-state index contributed by atoms with van der Waals surface area (Å²) in [6.07, 6.45) is 2.33. The van der Waals surface area contributed by atoms with Crippen molar-refractivity contribution in [3.8, 4) is 89.0 Å². The van der Waals surface area contributed by atoms with Gasteiger partial charge in [0, 0.05) is 17.1 Å². The van der Waals surface area contributed by atoms with Gasteiger partial charge in [0.2, 0.25) is 0 Å². The highest BCUT2D eigenvalue weighted by Crippen LogP contribution is 2.63. The van der Waals surface area contributed by atoms with Crippen LogP contribution in [0.1, 0.15) is 22.3 Å². The molecule has 0 radical (unpaired) electrons. The van der Waals surface area contributed by atoms with Gasteiger partial charge in [0.05, 0.1) is 16.4 Å². The standard InChI is InChI=1S/C64H38N2/c1-2-16-43-42(15-1)44-17-3-4-19-46(44)49-32-30-41(35-55(49)47-20-6-5-18-45(43)47)56-38-66-62-37-40(31-34-61(62)65-63(66)54-25-8-7-21-48(54)56)39-29-33-53-52-24-11-14-28-59(52)64(60(53)36-39)57-26-12-9-22-50(57)51-23-10-13-27-58(51)64/h1-38H. The molecule has 10 aromatic carbocycles. The van der Waals surface area contributed by atoms with Gasteiger partial charge in [0.25, 0.3) is 0 Å². The Balaban J connectivity index is 0.933. The molecule has 0 bridgehead atoms. The number of hydrogen-bond donors (Lipinski definition) is 0. The molecule has 2 nitrogen and oxygen atoms in total. The molecule has 0 fully saturated rings. The summed E-state index contributed by atoms with van der Waals surface area (Å²) in [5.74, 6) is 0. The van der Waals surface area contributed by atoms with E-state index in [0.717, 1.165) is 22.1 Å². The fraction of sp³-hybridized carbons (Fsp3) is 0.0156. The number of fused-ring (bicyclic) bond motifs is 23. The Labute approximate surface area is 382 Å². The molecule has 2 aromatic heterocycles. The molecule has 1 spiro atoms. The van der Waals surface area contributed by atoms with Crippen LogP contribution in [0.3, 0.4) is 0 Å². The van der Waals surface area contributed by atoms with Crippen LogP contribution in [0.25, 0.3) is 116 Å². The van der Waals surface area contributed by atoms with E-state index in [2.05, 4.69) is 235 Å². The quantitative estimate of drug-likeness (QED) is 0.170. The number of aromatic nitrogens is 2. The Morgan fingerprint density at radius 3 is 1.27 bits per heavy atom. The van der Waals surface area contributed by atoms with Crippen molar-refractivity contribution in [2.45, 2.75) is 5.41 Å². The molecule has 0 amide bonds. The first-order valence-electron chi connectivity index (χ1n) is 22.9. The Bertz CT molecular complexity index is 4000. The lowest BCUT2D eigenvalue weighted by atomic mass is 9.70. The summed E-state index contributed by atoms with van der Waals surface area (Å²) < 4.78 is 2.33. The Kier molecular flexibility index (Phi) is 7.18. The molecule has 2 heteroatoms. The topological polar surface area (TPSA) is 17.3 Å². The molecule has 0 aliphatic heterocycles. The Morgan fingerprint density at radius 1 is 0.288 bits per heavy atom. The molecule has 2 heterocycles. The SMILES string of the molecule is c1ccc2c(c1)-c1ccccc1-c1ccc(-c3cn4c5cc(-c6ccc7c(c6)C6(c8ccccc8-c8ccccc86)c6ccccc6-7)ccc5nc4c4ccccc34)cc1-c1ccccc1-2. The summed E-state index contributed by atoms with van der Waals surface area (Å²) in [6, 6.07) is 83.6. The van der Waals surface area contributed by atoms with E-state index in [4.69, 9.17) is 4.98 Å². The van der Waals surface area contributed by atoms with Gasteiger partial charge in [-0.2, -0.15) is 0 Å². The van der Waals surface area contributed by atoms with Gasteiger partial charge in [-0.1, -0.05) is 200 Å². The van der Waals surface area contributed by atoms with Crippen LogP contribution in [-0.4, -0.2) is 9.38 Å². The Hall–Kier alpha value is -8.59. The van der Waals surface area contributed by atoms with Gasteiger partial charge < -0.3 is 0 Å². The van der Waals surface area contributed by atoms with Gasteiger partial charge in [-0.05, 0) is 135 Å². The average Bonchev–Trinajstić information content (AvgIpc) is 4.02. The van der Waals surface area contributed by atoms with Gasteiger partial charge in [0.1, 0.15) is 5.65 Å². The zero-order valence-electron chi connectivity index (χ0n) is 35.8. The van der Waals surface area contributed by atoms with Crippen LogP contribution in [0.2, 0.25) is 0 Å². The molecule has 3 aliphatic carbocycles. The van der Waals surface area contributed by atoms with Crippen LogP contribution in [0.4, 0.5) is 0 Å². The summed E-state index contributed by atoms with van der Waals surface area (Å²) in [4.78, 5) is 5.34. The van der Waals surface area contributed by atoms with Crippen molar-refractivity contribution in [3.63, 3.8) is 0 Å². The Morgan fingerprint density at radius 2 is 0.697 bits per heavy atom. The average molecular weight is 835 g/mol. The zero-order chi connectivity index (χ0) is 43.1. The van der Waals surface area contributed by atoms with Crippen LogP contribution in [0, 0.1) is 0 Å². The molecular weight excluding hydrogens is 797 g/mol. The van der Waals surface area contributed by atoms with Crippen molar-refractivity contribution in [2.75, 3.05) is 0 Å². The minimum Gasteiger partial charge on any atom is -0.298 e. The van der Waals surface area contributed by atoms with E-state index in [1.54, 1.807) is 0 Å². The maximum absolute atomic E-state index is 5.34. The summed E-state index contributed by atoms with van der Waals surface area (Å²) in [5.41, 5.74) is 28.0. The van der Waals surface area contributed by atoms with Crippen molar-refractivity contribution in [1.29, 1.82) is 0 Å². The highest BCUT2D eigenvalue weighted by atomic mass is 15.0. The van der Waals surface area contributed by atoms with E-state index in [-0.39, 0.29) is 0 Å². The second kappa shape index (κ2) is 13.2. The van der Waals surface area contributed by atoms with Crippen molar-refractivity contribution >= 4 is 27.5 Å². The molecule has 3 aliphatic rings. The third-order valence-corrected chi connectivity index (χ3v) is 15.0. The predicted octanol–water partition coefficient (Wildman–Crippen LogP) is 16.3. The third-order valence-electron chi connectivity index (χ3n) is 15.0. The maximum Gasteiger partial charge on any atom is 0.145 e. The van der Waals surface area contributed by atoms with Gasteiger partial charge in [-0.25, -0.2) is 4.98 Å².